The SMILES string of the molecule is NC(=NCCCNCCCCN(CCCN=C(N)Nc1ccc2ccccc2c1)C(N)=Nc1ccc2ccccc2c1)Nc1ccc2ccccc2c1. The van der Waals surface area contributed by atoms with Crippen molar-refractivity contribution >= 4 is 67.3 Å². The van der Waals surface area contributed by atoms with Gasteiger partial charge in [0, 0.05) is 37.6 Å². The molecule has 9 N–H and O–H groups in total. The van der Waals surface area contributed by atoms with E-state index in [1.54, 1.807) is 0 Å². The number of nitrogens with zero attached hydrogens (tertiary/aromatic N) is 4. The van der Waals surface area contributed by atoms with Crippen molar-refractivity contribution in [3.05, 3.63) is 127 Å². The highest BCUT2D eigenvalue weighted by molar-refractivity contribution is 5.96. The maximum Gasteiger partial charge on any atom is 0.196 e. The first-order valence-corrected chi connectivity index (χ1v) is 18.4. The Bertz CT molecular complexity index is 2190. The Morgan fingerprint density at radius 2 is 0.962 bits per heavy atom. The van der Waals surface area contributed by atoms with Gasteiger partial charge in [-0.3, -0.25) is 9.98 Å². The van der Waals surface area contributed by atoms with Crippen molar-refractivity contribution in [1.82, 2.24) is 10.2 Å². The van der Waals surface area contributed by atoms with Crippen molar-refractivity contribution in [2.75, 3.05) is 49.9 Å². The van der Waals surface area contributed by atoms with E-state index in [0.29, 0.717) is 31.0 Å². The van der Waals surface area contributed by atoms with Crippen LogP contribution in [-0.2, 0) is 0 Å². The number of unbranched alkanes of at least 4 members (excludes halogenated alkanes) is 1. The Labute approximate surface area is 311 Å². The van der Waals surface area contributed by atoms with Crippen molar-refractivity contribution < 1.29 is 0 Å². The summed E-state index contributed by atoms with van der Waals surface area (Å²) in [7, 11) is 0. The average Bonchev–Trinajstić information content (AvgIpc) is 3.17. The van der Waals surface area contributed by atoms with Crippen LogP contribution in [0.15, 0.2) is 142 Å². The van der Waals surface area contributed by atoms with Crippen molar-refractivity contribution in [2.24, 2.45) is 32.2 Å². The molecule has 0 aliphatic heterocycles. The number of aliphatic imine (C=N–C) groups is 3. The molecule has 0 bridgehead atoms. The van der Waals surface area contributed by atoms with Gasteiger partial charge in [0.05, 0.1) is 5.69 Å². The van der Waals surface area contributed by atoms with Gasteiger partial charge in [0.25, 0.3) is 0 Å². The largest absolute Gasteiger partial charge is 0.370 e. The Morgan fingerprint density at radius 3 is 1.55 bits per heavy atom. The van der Waals surface area contributed by atoms with Crippen LogP contribution >= 0.6 is 0 Å². The second-order valence-electron chi connectivity index (χ2n) is 13.1. The summed E-state index contributed by atoms with van der Waals surface area (Å²) in [5.74, 6) is 1.33. The van der Waals surface area contributed by atoms with Crippen LogP contribution in [0.25, 0.3) is 32.3 Å². The summed E-state index contributed by atoms with van der Waals surface area (Å²) in [5.41, 5.74) is 21.7. The van der Waals surface area contributed by atoms with E-state index in [4.69, 9.17) is 22.2 Å². The highest BCUT2D eigenvalue weighted by atomic mass is 15.2. The van der Waals surface area contributed by atoms with Crippen LogP contribution in [-0.4, -0.2) is 62.0 Å². The van der Waals surface area contributed by atoms with E-state index in [0.717, 1.165) is 85.1 Å². The molecule has 10 nitrogen and oxygen atoms in total. The predicted octanol–water partition coefficient (Wildman–Crippen LogP) is 7.40. The Kier molecular flexibility index (Phi) is 13.1. The monoisotopic (exact) mass is 706 g/mol. The maximum atomic E-state index is 6.64. The van der Waals surface area contributed by atoms with Gasteiger partial charge in [-0.2, -0.15) is 0 Å². The minimum atomic E-state index is 0.394. The van der Waals surface area contributed by atoms with E-state index >= 15 is 0 Å². The van der Waals surface area contributed by atoms with Crippen LogP contribution in [0.2, 0.25) is 0 Å². The predicted molar refractivity (Wildman–Crippen MR) is 226 cm³/mol. The molecule has 0 aromatic heterocycles. The van der Waals surface area contributed by atoms with Crippen LogP contribution in [0.4, 0.5) is 17.1 Å². The second kappa shape index (κ2) is 18.9. The van der Waals surface area contributed by atoms with Crippen molar-refractivity contribution in [1.29, 1.82) is 0 Å². The van der Waals surface area contributed by atoms with Gasteiger partial charge in [0.15, 0.2) is 17.9 Å². The van der Waals surface area contributed by atoms with E-state index in [9.17, 15) is 0 Å². The van der Waals surface area contributed by atoms with E-state index < -0.39 is 0 Å². The normalized spacial score (nSPS) is 12.4. The van der Waals surface area contributed by atoms with E-state index in [1.807, 2.05) is 54.6 Å². The summed E-state index contributed by atoms with van der Waals surface area (Å²) in [6, 6.07) is 43.3. The third-order valence-corrected chi connectivity index (χ3v) is 9.04. The van der Waals surface area contributed by atoms with E-state index in [-0.39, 0.29) is 0 Å². The topological polar surface area (TPSA) is 154 Å². The highest BCUT2D eigenvalue weighted by Gasteiger charge is 2.09. The number of guanidine groups is 3. The van der Waals surface area contributed by atoms with Crippen molar-refractivity contribution in [3.8, 4) is 0 Å². The smallest absolute Gasteiger partial charge is 0.196 e. The Hall–Kier alpha value is -6.13. The first-order chi connectivity index (χ1) is 26.0. The number of rotatable bonds is 16. The first-order valence-electron chi connectivity index (χ1n) is 18.4. The molecule has 0 saturated carbocycles. The first kappa shape index (κ1) is 36.7. The molecule has 0 radical (unpaired) electrons. The zero-order valence-electron chi connectivity index (χ0n) is 30.2. The number of fused-ring (bicyclic) bond motifs is 3. The summed E-state index contributed by atoms with van der Waals surface area (Å²) in [4.78, 5) is 16.0. The van der Waals surface area contributed by atoms with Crippen molar-refractivity contribution in [3.63, 3.8) is 0 Å². The van der Waals surface area contributed by atoms with Crippen LogP contribution in [0.1, 0.15) is 25.7 Å². The fourth-order valence-corrected chi connectivity index (χ4v) is 6.24. The third kappa shape index (κ3) is 11.2. The summed E-state index contributed by atoms with van der Waals surface area (Å²) in [6.45, 7) is 4.51. The molecule has 6 aromatic carbocycles. The van der Waals surface area contributed by atoms with Gasteiger partial charge in [-0.15, -0.1) is 0 Å². The minimum absolute atomic E-state index is 0.394. The summed E-state index contributed by atoms with van der Waals surface area (Å²) in [5, 5.41) is 17.0. The third-order valence-electron chi connectivity index (χ3n) is 9.04. The number of benzene rings is 6. The lowest BCUT2D eigenvalue weighted by atomic mass is 10.1. The Balaban J connectivity index is 0.947. The molecule has 0 aliphatic carbocycles. The number of hydrogen-bond donors (Lipinski definition) is 6. The highest BCUT2D eigenvalue weighted by Crippen LogP contribution is 2.22. The molecule has 6 aromatic rings. The molecule has 0 atom stereocenters. The molecule has 0 aliphatic rings. The van der Waals surface area contributed by atoms with Crippen LogP contribution in [0, 0.1) is 0 Å². The number of anilines is 2. The summed E-state index contributed by atoms with van der Waals surface area (Å²) >= 11 is 0. The molecule has 0 fully saturated rings. The van der Waals surface area contributed by atoms with Gasteiger partial charge in [-0.05, 0) is 107 Å². The molecular formula is C43H50N10. The van der Waals surface area contributed by atoms with Crippen LogP contribution in [0.3, 0.4) is 0 Å². The van der Waals surface area contributed by atoms with Crippen LogP contribution in [0.5, 0.6) is 0 Å². The number of hydrogen-bond acceptors (Lipinski definition) is 4. The molecule has 0 saturated heterocycles. The quantitative estimate of drug-likeness (QED) is 0.0348. The Morgan fingerprint density at radius 1 is 0.491 bits per heavy atom. The zero-order chi connectivity index (χ0) is 36.7. The molecular weight excluding hydrogens is 657 g/mol. The molecule has 0 spiro atoms. The van der Waals surface area contributed by atoms with Gasteiger partial charge < -0.3 is 38.1 Å². The standard InChI is InChI=1S/C43H50N10/c44-41(50-38-20-17-32-11-1-4-14-35(32)29-38)48-25-9-24-47-23-7-8-27-53(43(46)52-40-22-19-34-13-3-6-16-37(34)31-40)28-10-26-49-42(45)51-39-21-18-33-12-2-5-15-36(33)30-39/h1-6,11-22,29-31,47H,7-10,23-28H2,(H2,46,52)(H3,44,48,50)(H3,45,49,51). The molecule has 10 heteroatoms. The summed E-state index contributed by atoms with van der Waals surface area (Å²) in [6.07, 6.45) is 3.66. The molecule has 0 amide bonds. The number of nitrogens with one attached hydrogen (secondary N) is 3. The molecule has 0 heterocycles. The number of nitrogens with two attached hydrogens (primary N) is 3. The fourth-order valence-electron chi connectivity index (χ4n) is 6.24. The van der Waals surface area contributed by atoms with Gasteiger partial charge in [-0.25, -0.2) is 4.99 Å². The second-order valence-corrected chi connectivity index (χ2v) is 13.1. The fraction of sp³-hybridized carbons (Fsp3) is 0.233. The lowest BCUT2D eigenvalue weighted by molar-refractivity contribution is 0.393. The lowest BCUT2D eigenvalue weighted by Gasteiger charge is -2.23. The minimum Gasteiger partial charge on any atom is -0.370 e. The molecule has 272 valence electrons. The van der Waals surface area contributed by atoms with Gasteiger partial charge in [0.2, 0.25) is 0 Å². The van der Waals surface area contributed by atoms with Crippen LogP contribution < -0.4 is 33.2 Å². The van der Waals surface area contributed by atoms with E-state index in [1.165, 1.54) is 16.2 Å². The average molecular weight is 707 g/mol. The maximum absolute atomic E-state index is 6.64. The molecule has 0 unspecified atom stereocenters. The zero-order valence-corrected chi connectivity index (χ0v) is 30.2. The van der Waals surface area contributed by atoms with Gasteiger partial charge >= 0.3 is 0 Å². The summed E-state index contributed by atoms with van der Waals surface area (Å²) < 4.78 is 0. The van der Waals surface area contributed by atoms with Crippen molar-refractivity contribution in [2.45, 2.75) is 25.7 Å². The molecule has 53 heavy (non-hydrogen) atoms. The van der Waals surface area contributed by atoms with E-state index in [2.05, 4.69) is 104 Å². The molecule has 6 rings (SSSR count). The van der Waals surface area contributed by atoms with Gasteiger partial charge in [0.1, 0.15) is 0 Å². The lowest BCUT2D eigenvalue weighted by Crippen LogP contribution is -2.39. The van der Waals surface area contributed by atoms with Gasteiger partial charge in [-0.1, -0.05) is 91.0 Å².